The largest absolute Gasteiger partial charge is 0.507 e. The Labute approximate surface area is 124 Å². The first-order chi connectivity index (χ1) is 10.0. The van der Waals surface area contributed by atoms with E-state index in [0.29, 0.717) is 43.7 Å². The number of phenols is 1. The Morgan fingerprint density at radius 3 is 2.29 bits per heavy atom. The Kier molecular flexibility index (Phi) is 6.84. The van der Waals surface area contributed by atoms with Crippen LogP contribution in [-0.4, -0.2) is 62.7 Å². The molecule has 1 aromatic rings. The van der Waals surface area contributed by atoms with Gasteiger partial charge in [-0.1, -0.05) is 0 Å². The van der Waals surface area contributed by atoms with Crippen LogP contribution >= 0.6 is 0 Å². The van der Waals surface area contributed by atoms with Crippen LogP contribution in [-0.2, 0) is 9.47 Å². The van der Waals surface area contributed by atoms with E-state index in [0.717, 1.165) is 0 Å². The molecule has 0 aliphatic heterocycles. The summed E-state index contributed by atoms with van der Waals surface area (Å²) < 4.78 is 9.97. The molecule has 116 valence electrons. The minimum atomic E-state index is -0.353. The Bertz CT molecular complexity index is 493. The fourth-order valence-electron chi connectivity index (χ4n) is 1.93. The van der Waals surface area contributed by atoms with E-state index in [1.807, 2.05) is 0 Å². The monoisotopic (exact) mass is 295 g/mol. The third-order valence-corrected chi connectivity index (χ3v) is 3.11. The van der Waals surface area contributed by atoms with Gasteiger partial charge in [0.25, 0.3) is 5.91 Å². The smallest absolute Gasteiger partial charge is 0.257 e. The summed E-state index contributed by atoms with van der Waals surface area (Å²) >= 11 is 0. The highest BCUT2D eigenvalue weighted by Gasteiger charge is 2.20. The lowest BCUT2D eigenvalue weighted by Gasteiger charge is -2.23. The zero-order valence-electron chi connectivity index (χ0n) is 12.6. The fourth-order valence-corrected chi connectivity index (χ4v) is 1.93. The van der Waals surface area contributed by atoms with Crippen molar-refractivity contribution in [2.24, 2.45) is 0 Å². The van der Waals surface area contributed by atoms with Crippen molar-refractivity contribution in [2.45, 2.75) is 6.92 Å². The fraction of sp³-hybridized carbons (Fsp3) is 0.467. The third kappa shape index (κ3) is 4.54. The van der Waals surface area contributed by atoms with Crippen LogP contribution in [0.2, 0.25) is 0 Å². The summed E-state index contributed by atoms with van der Waals surface area (Å²) in [6.45, 7) is 3.16. The van der Waals surface area contributed by atoms with Crippen molar-refractivity contribution >= 4 is 12.2 Å². The van der Waals surface area contributed by atoms with Gasteiger partial charge in [-0.25, -0.2) is 0 Å². The number of aldehydes is 1. The molecule has 0 saturated heterocycles. The van der Waals surface area contributed by atoms with Crippen LogP contribution in [0.5, 0.6) is 5.75 Å². The maximum absolute atomic E-state index is 12.5. The number of hydrogen-bond donors (Lipinski definition) is 1. The zero-order valence-corrected chi connectivity index (χ0v) is 12.6. The Morgan fingerprint density at radius 2 is 1.81 bits per heavy atom. The number of hydrogen-bond acceptors (Lipinski definition) is 5. The van der Waals surface area contributed by atoms with Crippen LogP contribution in [0.25, 0.3) is 0 Å². The number of carbonyl (C=O) groups excluding carboxylic acids is 2. The molecule has 0 aliphatic carbocycles. The summed E-state index contributed by atoms with van der Waals surface area (Å²) in [5, 5.41) is 10.1. The predicted molar refractivity (Wildman–Crippen MR) is 77.9 cm³/mol. The summed E-state index contributed by atoms with van der Waals surface area (Å²) in [5.74, 6) is -0.459. The number of carbonyl (C=O) groups is 2. The summed E-state index contributed by atoms with van der Waals surface area (Å²) in [6.07, 6.45) is 0.651. The van der Waals surface area contributed by atoms with Gasteiger partial charge in [0.05, 0.1) is 18.8 Å². The zero-order chi connectivity index (χ0) is 15.8. The second-order valence-corrected chi connectivity index (χ2v) is 4.63. The van der Waals surface area contributed by atoms with Crippen molar-refractivity contribution in [1.82, 2.24) is 4.90 Å². The normalized spacial score (nSPS) is 10.4. The predicted octanol–water partition coefficient (Wildman–Crippen LogP) is 1.25. The molecule has 1 aromatic carbocycles. The van der Waals surface area contributed by atoms with Crippen molar-refractivity contribution in [1.29, 1.82) is 0 Å². The number of aryl methyl sites for hydroxylation is 1. The summed E-state index contributed by atoms with van der Waals surface area (Å²) in [5.41, 5.74) is 0.956. The minimum Gasteiger partial charge on any atom is -0.507 e. The number of aromatic hydroxyl groups is 1. The van der Waals surface area contributed by atoms with Gasteiger partial charge in [-0.15, -0.1) is 0 Å². The topological polar surface area (TPSA) is 76.1 Å². The van der Waals surface area contributed by atoms with Gasteiger partial charge in [-0.3, -0.25) is 9.59 Å². The average Bonchev–Trinajstić information content (AvgIpc) is 2.49. The maximum Gasteiger partial charge on any atom is 0.257 e. The minimum absolute atomic E-state index is 0.106. The van der Waals surface area contributed by atoms with Gasteiger partial charge in [-0.05, 0) is 24.6 Å². The number of amides is 1. The molecule has 6 heteroatoms. The summed E-state index contributed by atoms with van der Waals surface area (Å²) in [6, 6.07) is 2.93. The van der Waals surface area contributed by atoms with E-state index < -0.39 is 0 Å². The SMILES string of the molecule is COCCN(CCOC)C(=O)c1cc(C=O)cc(C)c1O. The van der Waals surface area contributed by atoms with E-state index in [2.05, 4.69) is 0 Å². The van der Waals surface area contributed by atoms with Gasteiger partial charge < -0.3 is 19.5 Å². The molecule has 0 atom stereocenters. The maximum atomic E-state index is 12.5. The molecular weight excluding hydrogens is 274 g/mol. The van der Waals surface area contributed by atoms with E-state index in [-0.39, 0.29) is 17.2 Å². The molecule has 0 radical (unpaired) electrons. The van der Waals surface area contributed by atoms with E-state index in [4.69, 9.17) is 9.47 Å². The molecule has 0 aliphatic rings. The first-order valence-electron chi connectivity index (χ1n) is 6.61. The summed E-state index contributed by atoms with van der Waals surface area (Å²) in [7, 11) is 3.10. The molecule has 0 bridgehead atoms. The van der Waals surface area contributed by atoms with Gasteiger partial charge in [0, 0.05) is 32.9 Å². The standard InChI is InChI=1S/C15H21NO5/c1-11-8-12(10-17)9-13(14(11)18)15(19)16(4-6-20-2)5-7-21-3/h8-10,18H,4-7H2,1-3H3. The second-order valence-electron chi connectivity index (χ2n) is 4.63. The van der Waals surface area contributed by atoms with E-state index in [1.54, 1.807) is 21.1 Å². The van der Waals surface area contributed by atoms with Crippen molar-refractivity contribution in [3.8, 4) is 5.75 Å². The van der Waals surface area contributed by atoms with Crippen LogP contribution in [0.3, 0.4) is 0 Å². The van der Waals surface area contributed by atoms with E-state index in [1.165, 1.54) is 17.0 Å². The molecule has 21 heavy (non-hydrogen) atoms. The molecule has 1 rings (SSSR count). The average molecular weight is 295 g/mol. The Hall–Kier alpha value is -1.92. The lowest BCUT2D eigenvalue weighted by atomic mass is 10.0. The highest BCUT2D eigenvalue weighted by atomic mass is 16.5. The number of nitrogens with zero attached hydrogens (tertiary/aromatic N) is 1. The number of rotatable bonds is 8. The first-order valence-corrected chi connectivity index (χ1v) is 6.61. The number of methoxy groups -OCH3 is 2. The van der Waals surface area contributed by atoms with Crippen LogP contribution in [0.4, 0.5) is 0 Å². The van der Waals surface area contributed by atoms with Crippen molar-refractivity contribution in [3.05, 3.63) is 28.8 Å². The lowest BCUT2D eigenvalue weighted by Crippen LogP contribution is -2.36. The lowest BCUT2D eigenvalue weighted by molar-refractivity contribution is 0.0624. The number of ether oxygens (including phenoxy) is 2. The van der Waals surface area contributed by atoms with Crippen LogP contribution in [0.1, 0.15) is 26.3 Å². The van der Waals surface area contributed by atoms with Gasteiger partial charge >= 0.3 is 0 Å². The van der Waals surface area contributed by atoms with Gasteiger partial charge in [0.2, 0.25) is 0 Å². The molecular formula is C15H21NO5. The molecule has 0 unspecified atom stereocenters. The second kappa shape index (κ2) is 8.39. The molecule has 0 spiro atoms. The molecule has 1 N–H and O–H groups in total. The van der Waals surface area contributed by atoms with Gasteiger partial charge in [-0.2, -0.15) is 0 Å². The molecule has 0 heterocycles. The molecule has 0 fully saturated rings. The number of benzene rings is 1. The Morgan fingerprint density at radius 1 is 1.24 bits per heavy atom. The van der Waals surface area contributed by atoms with Crippen molar-refractivity contribution in [2.75, 3.05) is 40.5 Å². The van der Waals surface area contributed by atoms with Crippen molar-refractivity contribution in [3.63, 3.8) is 0 Å². The molecule has 1 amide bonds. The highest BCUT2D eigenvalue weighted by Crippen LogP contribution is 2.24. The Balaban J connectivity index is 3.06. The molecule has 6 nitrogen and oxygen atoms in total. The van der Waals surface area contributed by atoms with Crippen molar-refractivity contribution < 1.29 is 24.2 Å². The van der Waals surface area contributed by atoms with E-state index >= 15 is 0 Å². The first kappa shape index (κ1) is 17.1. The van der Waals surface area contributed by atoms with Gasteiger partial charge in [0.15, 0.2) is 0 Å². The molecule has 0 aromatic heterocycles. The van der Waals surface area contributed by atoms with E-state index in [9.17, 15) is 14.7 Å². The highest BCUT2D eigenvalue weighted by molar-refractivity contribution is 5.98. The van der Waals surface area contributed by atoms with Crippen LogP contribution < -0.4 is 0 Å². The quantitative estimate of drug-likeness (QED) is 0.730. The molecule has 0 saturated carbocycles. The van der Waals surface area contributed by atoms with Gasteiger partial charge in [0.1, 0.15) is 12.0 Å². The third-order valence-electron chi connectivity index (χ3n) is 3.11. The van der Waals surface area contributed by atoms with Crippen LogP contribution in [0, 0.1) is 6.92 Å². The van der Waals surface area contributed by atoms with Crippen LogP contribution in [0.15, 0.2) is 12.1 Å². The summed E-state index contributed by atoms with van der Waals surface area (Å²) in [4.78, 5) is 25.0. The number of phenolic OH excluding ortho intramolecular Hbond substituents is 1.